The standard InChI is InChI=1S/C22H28FN3O/c23-21-16-24-10-6-20(21)17-26-14-15-27-18-22(26)8-12-25(13-9-22)11-7-19-4-2-1-3-5-19/h1-6,10,16H,7-9,11-15,17-18H2. The van der Waals surface area contributed by atoms with E-state index in [4.69, 9.17) is 4.74 Å². The molecule has 0 unspecified atom stereocenters. The number of nitrogens with zero attached hydrogens (tertiary/aromatic N) is 3. The number of ether oxygens (including phenoxy) is 1. The summed E-state index contributed by atoms with van der Waals surface area (Å²) in [4.78, 5) is 8.87. The number of morpholine rings is 1. The van der Waals surface area contributed by atoms with Crippen LogP contribution < -0.4 is 0 Å². The summed E-state index contributed by atoms with van der Waals surface area (Å²) in [6, 6.07) is 12.5. The molecular weight excluding hydrogens is 341 g/mol. The predicted octanol–water partition coefficient (Wildman–Crippen LogP) is 3.13. The highest BCUT2D eigenvalue weighted by Gasteiger charge is 2.42. The quantitative estimate of drug-likeness (QED) is 0.810. The molecule has 1 spiro atoms. The first-order valence-electron chi connectivity index (χ1n) is 9.93. The number of halogens is 1. The third-order valence-electron chi connectivity index (χ3n) is 6.11. The van der Waals surface area contributed by atoms with Gasteiger partial charge in [-0.25, -0.2) is 4.39 Å². The fraction of sp³-hybridized carbons (Fsp3) is 0.500. The Bertz CT molecular complexity index is 731. The molecule has 2 saturated heterocycles. The molecule has 144 valence electrons. The molecule has 1 aromatic heterocycles. The molecule has 0 aliphatic carbocycles. The number of likely N-dealkylation sites (tertiary alicyclic amines) is 1. The molecular formula is C22H28FN3O. The third-order valence-corrected chi connectivity index (χ3v) is 6.11. The van der Waals surface area contributed by atoms with Crippen molar-refractivity contribution in [3.05, 3.63) is 65.7 Å². The number of aromatic nitrogens is 1. The van der Waals surface area contributed by atoms with Gasteiger partial charge < -0.3 is 9.64 Å². The van der Waals surface area contributed by atoms with Gasteiger partial charge in [-0.05, 0) is 44.0 Å². The lowest BCUT2D eigenvalue weighted by molar-refractivity contribution is -0.0990. The lowest BCUT2D eigenvalue weighted by Crippen LogP contribution is -2.61. The van der Waals surface area contributed by atoms with Gasteiger partial charge in [0.05, 0.1) is 19.4 Å². The summed E-state index contributed by atoms with van der Waals surface area (Å²) < 4.78 is 20.0. The Morgan fingerprint density at radius 2 is 1.89 bits per heavy atom. The number of piperidine rings is 1. The number of rotatable bonds is 5. The van der Waals surface area contributed by atoms with E-state index in [0.717, 1.165) is 64.2 Å². The van der Waals surface area contributed by atoms with Crippen LogP contribution in [0.15, 0.2) is 48.8 Å². The summed E-state index contributed by atoms with van der Waals surface area (Å²) >= 11 is 0. The van der Waals surface area contributed by atoms with E-state index in [1.54, 1.807) is 12.3 Å². The van der Waals surface area contributed by atoms with Crippen molar-refractivity contribution in [1.29, 1.82) is 0 Å². The molecule has 2 aliphatic rings. The van der Waals surface area contributed by atoms with Crippen LogP contribution in [0.2, 0.25) is 0 Å². The van der Waals surface area contributed by atoms with Gasteiger partial charge in [-0.3, -0.25) is 9.88 Å². The van der Waals surface area contributed by atoms with Crippen molar-refractivity contribution in [2.75, 3.05) is 39.4 Å². The van der Waals surface area contributed by atoms with Crippen LogP contribution in [0.5, 0.6) is 0 Å². The summed E-state index contributed by atoms with van der Waals surface area (Å²) in [5, 5.41) is 0. The fourth-order valence-electron chi connectivity index (χ4n) is 4.34. The van der Waals surface area contributed by atoms with Crippen molar-refractivity contribution in [2.45, 2.75) is 31.3 Å². The molecule has 0 saturated carbocycles. The summed E-state index contributed by atoms with van der Waals surface area (Å²) in [6.45, 7) is 6.24. The van der Waals surface area contributed by atoms with Gasteiger partial charge in [-0.2, -0.15) is 0 Å². The normalized spacial score (nSPS) is 20.8. The van der Waals surface area contributed by atoms with Crippen LogP contribution in [0, 0.1) is 5.82 Å². The Balaban J connectivity index is 1.36. The van der Waals surface area contributed by atoms with E-state index >= 15 is 0 Å². The Morgan fingerprint density at radius 1 is 1.07 bits per heavy atom. The highest BCUT2D eigenvalue weighted by Crippen LogP contribution is 2.33. The molecule has 2 fully saturated rings. The van der Waals surface area contributed by atoms with E-state index in [-0.39, 0.29) is 11.4 Å². The van der Waals surface area contributed by atoms with Crippen LogP contribution in [-0.2, 0) is 17.7 Å². The molecule has 27 heavy (non-hydrogen) atoms. The van der Waals surface area contributed by atoms with Crippen LogP contribution in [0.1, 0.15) is 24.0 Å². The highest BCUT2D eigenvalue weighted by atomic mass is 19.1. The van der Waals surface area contributed by atoms with E-state index < -0.39 is 0 Å². The van der Waals surface area contributed by atoms with Gasteiger partial charge in [0.15, 0.2) is 0 Å². The van der Waals surface area contributed by atoms with Crippen LogP contribution in [0.25, 0.3) is 0 Å². The maximum Gasteiger partial charge on any atom is 0.145 e. The van der Waals surface area contributed by atoms with Crippen molar-refractivity contribution in [3.63, 3.8) is 0 Å². The molecule has 4 nitrogen and oxygen atoms in total. The van der Waals surface area contributed by atoms with E-state index in [1.807, 2.05) is 0 Å². The summed E-state index contributed by atoms with van der Waals surface area (Å²) in [5.74, 6) is -0.209. The average molecular weight is 369 g/mol. The average Bonchev–Trinajstić information content (AvgIpc) is 2.72. The second-order valence-corrected chi connectivity index (χ2v) is 7.74. The minimum Gasteiger partial charge on any atom is -0.378 e. The zero-order chi connectivity index (χ0) is 18.5. The van der Waals surface area contributed by atoms with Gasteiger partial charge in [0.2, 0.25) is 0 Å². The molecule has 0 amide bonds. The Kier molecular flexibility index (Phi) is 5.81. The highest BCUT2D eigenvalue weighted by molar-refractivity contribution is 5.15. The zero-order valence-corrected chi connectivity index (χ0v) is 15.8. The monoisotopic (exact) mass is 369 g/mol. The van der Waals surface area contributed by atoms with Gasteiger partial charge >= 0.3 is 0 Å². The van der Waals surface area contributed by atoms with Gasteiger partial charge in [-0.1, -0.05) is 30.3 Å². The van der Waals surface area contributed by atoms with Crippen molar-refractivity contribution in [1.82, 2.24) is 14.8 Å². The van der Waals surface area contributed by atoms with Crippen LogP contribution in [-0.4, -0.2) is 59.7 Å². The van der Waals surface area contributed by atoms with Crippen molar-refractivity contribution in [2.24, 2.45) is 0 Å². The fourth-order valence-corrected chi connectivity index (χ4v) is 4.34. The van der Waals surface area contributed by atoms with Crippen molar-refractivity contribution >= 4 is 0 Å². The third kappa shape index (κ3) is 4.37. The summed E-state index contributed by atoms with van der Waals surface area (Å²) in [6.07, 6.45) is 6.24. The summed E-state index contributed by atoms with van der Waals surface area (Å²) in [7, 11) is 0. The Hall–Kier alpha value is -1.82. The largest absolute Gasteiger partial charge is 0.378 e. The van der Waals surface area contributed by atoms with Gasteiger partial charge in [0.25, 0.3) is 0 Å². The summed E-state index contributed by atoms with van der Waals surface area (Å²) in [5.41, 5.74) is 2.17. The second-order valence-electron chi connectivity index (χ2n) is 7.74. The minimum atomic E-state index is -0.209. The lowest BCUT2D eigenvalue weighted by atomic mass is 9.85. The topological polar surface area (TPSA) is 28.6 Å². The first-order valence-corrected chi connectivity index (χ1v) is 9.93. The molecule has 1 aromatic carbocycles. The Morgan fingerprint density at radius 3 is 2.67 bits per heavy atom. The van der Waals surface area contributed by atoms with Crippen molar-refractivity contribution < 1.29 is 9.13 Å². The van der Waals surface area contributed by atoms with Gasteiger partial charge in [-0.15, -0.1) is 0 Å². The van der Waals surface area contributed by atoms with Crippen LogP contribution >= 0.6 is 0 Å². The molecule has 0 bridgehead atoms. The number of pyridine rings is 1. The smallest absolute Gasteiger partial charge is 0.145 e. The molecule has 4 rings (SSSR count). The first-order chi connectivity index (χ1) is 13.3. The number of benzene rings is 1. The molecule has 0 atom stereocenters. The van der Waals surface area contributed by atoms with E-state index in [2.05, 4.69) is 45.1 Å². The van der Waals surface area contributed by atoms with Gasteiger partial charge in [0, 0.05) is 36.9 Å². The molecule has 2 aliphatic heterocycles. The minimum absolute atomic E-state index is 0.0389. The lowest BCUT2D eigenvalue weighted by Gasteiger charge is -2.51. The van der Waals surface area contributed by atoms with Crippen molar-refractivity contribution in [3.8, 4) is 0 Å². The van der Waals surface area contributed by atoms with E-state index in [0.29, 0.717) is 6.54 Å². The SMILES string of the molecule is Fc1cnccc1CN1CCOCC12CCN(CCc1ccccc1)CC2. The number of hydrogen-bond acceptors (Lipinski definition) is 4. The van der Waals surface area contributed by atoms with E-state index in [1.165, 1.54) is 11.8 Å². The molecule has 0 N–H and O–H groups in total. The second kappa shape index (κ2) is 8.46. The number of hydrogen-bond donors (Lipinski definition) is 0. The van der Waals surface area contributed by atoms with Crippen LogP contribution in [0.3, 0.4) is 0 Å². The molecule has 5 heteroatoms. The molecule has 0 radical (unpaired) electrons. The van der Waals surface area contributed by atoms with E-state index in [9.17, 15) is 4.39 Å². The molecule has 2 aromatic rings. The van der Waals surface area contributed by atoms with Gasteiger partial charge in [0.1, 0.15) is 5.82 Å². The zero-order valence-electron chi connectivity index (χ0n) is 15.8. The maximum atomic E-state index is 14.1. The first kappa shape index (κ1) is 18.5. The molecule has 3 heterocycles. The maximum absolute atomic E-state index is 14.1. The van der Waals surface area contributed by atoms with Crippen LogP contribution in [0.4, 0.5) is 4.39 Å². The predicted molar refractivity (Wildman–Crippen MR) is 104 cm³/mol. The Labute approximate surface area is 161 Å².